The minimum atomic E-state index is -0.544. The Morgan fingerprint density at radius 3 is 2.81 bits per heavy atom. The molecule has 0 aliphatic carbocycles. The van der Waals surface area contributed by atoms with Gasteiger partial charge in [-0.1, -0.05) is 12.1 Å². The molecule has 0 saturated carbocycles. The van der Waals surface area contributed by atoms with Crippen molar-refractivity contribution >= 4 is 0 Å². The van der Waals surface area contributed by atoms with Crippen LogP contribution >= 0.6 is 0 Å². The molecule has 1 aliphatic heterocycles. The summed E-state index contributed by atoms with van der Waals surface area (Å²) in [6.07, 6.45) is 1.43. The summed E-state index contributed by atoms with van der Waals surface area (Å²) in [6, 6.07) is 9.77. The molecule has 0 aromatic heterocycles. The van der Waals surface area contributed by atoms with E-state index in [1.54, 1.807) is 7.11 Å². The maximum Gasteiger partial charge on any atom is 0.129 e. The van der Waals surface area contributed by atoms with Crippen molar-refractivity contribution in [2.75, 3.05) is 13.7 Å². The quantitative estimate of drug-likeness (QED) is 0.935. The van der Waals surface area contributed by atoms with E-state index < -0.39 is 11.6 Å². The fraction of sp³-hybridized carbons (Fsp3) is 0.294. The fourth-order valence-electron chi connectivity index (χ4n) is 2.85. The minimum Gasteiger partial charge on any atom is -0.497 e. The first kappa shape index (κ1) is 14.0. The predicted molar refractivity (Wildman–Crippen MR) is 77.5 cm³/mol. The van der Waals surface area contributed by atoms with Gasteiger partial charge in [0.25, 0.3) is 0 Å². The van der Waals surface area contributed by atoms with Crippen molar-refractivity contribution < 1.29 is 13.5 Å². The summed E-state index contributed by atoms with van der Waals surface area (Å²) in [6.45, 7) is 0.841. The van der Waals surface area contributed by atoms with Crippen LogP contribution in [0.25, 0.3) is 0 Å². The van der Waals surface area contributed by atoms with Crippen molar-refractivity contribution in [2.45, 2.75) is 18.9 Å². The Morgan fingerprint density at radius 2 is 2.05 bits per heavy atom. The van der Waals surface area contributed by atoms with Gasteiger partial charge in [-0.2, -0.15) is 0 Å². The molecule has 0 radical (unpaired) electrons. The van der Waals surface area contributed by atoms with Crippen LogP contribution in [-0.4, -0.2) is 13.7 Å². The zero-order chi connectivity index (χ0) is 14.8. The lowest BCUT2D eigenvalue weighted by Crippen LogP contribution is -2.31. The van der Waals surface area contributed by atoms with Crippen LogP contribution in [0, 0.1) is 11.6 Å². The van der Waals surface area contributed by atoms with Crippen LogP contribution < -0.4 is 10.1 Å². The maximum atomic E-state index is 13.8. The van der Waals surface area contributed by atoms with E-state index in [0.717, 1.165) is 30.3 Å². The van der Waals surface area contributed by atoms with Gasteiger partial charge in [0.15, 0.2) is 0 Å². The lowest BCUT2D eigenvalue weighted by atomic mass is 9.90. The number of rotatable bonds is 3. The van der Waals surface area contributed by atoms with E-state index in [1.165, 1.54) is 17.7 Å². The number of nitrogens with one attached hydrogen (secondary N) is 1. The second-order valence-electron chi connectivity index (χ2n) is 5.26. The van der Waals surface area contributed by atoms with E-state index in [-0.39, 0.29) is 6.04 Å². The van der Waals surface area contributed by atoms with Gasteiger partial charge in [0.2, 0.25) is 0 Å². The molecule has 110 valence electrons. The van der Waals surface area contributed by atoms with Gasteiger partial charge in [-0.25, -0.2) is 8.78 Å². The van der Waals surface area contributed by atoms with Gasteiger partial charge < -0.3 is 10.1 Å². The molecule has 0 amide bonds. The van der Waals surface area contributed by atoms with Crippen LogP contribution in [0.4, 0.5) is 8.78 Å². The molecule has 0 spiro atoms. The first-order chi connectivity index (χ1) is 10.2. The Balaban J connectivity index is 1.88. The van der Waals surface area contributed by atoms with Crippen LogP contribution in [0.5, 0.6) is 5.75 Å². The third-order valence-corrected chi connectivity index (χ3v) is 3.95. The van der Waals surface area contributed by atoms with Crippen LogP contribution in [0.15, 0.2) is 36.4 Å². The lowest BCUT2D eigenvalue weighted by molar-refractivity contribution is 0.412. The zero-order valence-electron chi connectivity index (χ0n) is 11.8. The average molecular weight is 289 g/mol. The second kappa shape index (κ2) is 5.82. The van der Waals surface area contributed by atoms with Gasteiger partial charge in [0, 0.05) is 12.1 Å². The van der Waals surface area contributed by atoms with E-state index in [0.29, 0.717) is 12.0 Å². The molecule has 1 heterocycles. The summed E-state index contributed by atoms with van der Waals surface area (Å²) in [5.74, 6) is -0.196. The third kappa shape index (κ3) is 2.90. The predicted octanol–water partition coefficient (Wildman–Crippen LogP) is 3.40. The zero-order valence-corrected chi connectivity index (χ0v) is 11.8. The maximum absolute atomic E-state index is 13.8. The van der Waals surface area contributed by atoms with E-state index >= 15 is 0 Å². The Morgan fingerprint density at radius 1 is 1.19 bits per heavy atom. The molecular weight excluding hydrogens is 272 g/mol. The Kier molecular flexibility index (Phi) is 3.88. The SMILES string of the molecule is COc1ccc2c(c1)CCNC2Cc1ccc(F)cc1F. The second-order valence-corrected chi connectivity index (χ2v) is 5.26. The van der Waals surface area contributed by atoms with Crippen molar-refractivity contribution in [1.82, 2.24) is 5.32 Å². The summed E-state index contributed by atoms with van der Waals surface area (Å²) >= 11 is 0. The molecule has 1 aliphatic rings. The summed E-state index contributed by atoms with van der Waals surface area (Å²) < 4.78 is 32.0. The van der Waals surface area contributed by atoms with Gasteiger partial charge in [-0.3, -0.25) is 0 Å². The Bertz CT molecular complexity index is 657. The van der Waals surface area contributed by atoms with Gasteiger partial charge in [-0.15, -0.1) is 0 Å². The molecule has 3 rings (SSSR count). The molecule has 1 unspecified atom stereocenters. The van der Waals surface area contributed by atoms with Crippen molar-refractivity contribution in [3.05, 3.63) is 64.7 Å². The van der Waals surface area contributed by atoms with E-state index in [4.69, 9.17) is 4.74 Å². The van der Waals surface area contributed by atoms with E-state index in [1.807, 2.05) is 18.2 Å². The molecule has 4 heteroatoms. The Hall–Kier alpha value is -1.94. The van der Waals surface area contributed by atoms with Gasteiger partial charge in [0.05, 0.1) is 7.11 Å². The van der Waals surface area contributed by atoms with E-state index in [2.05, 4.69) is 5.32 Å². The Labute approximate surface area is 122 Å². The highest BCUT2D eigenvalue weighted by Crippen LogP contribution is 2.29. The highest BCUT2D eigenvalue weighted by atomic mass is 19.1. The number of methoxy groups -OCH3 is 1. The largest absolute Gasteiger partial charge is 0.497 e. The summed E-state index contributed by atoms with van der Waals surface area (Å²) in [5, 5.41) is 3.40. The number of halogens is 2. The minimum absolute atomic E-state index is 0.0413. The standard InChI is InChI=1S/C17H17F2NO/c1-21-14-4-5-15-11(8-14)6-7-20-17(15)9-12-2-3-13(18)10-16(12)19/h2-5,8,10,17,20H,6-7,9H2,1H3. The van der Waals surface area contributed by atoms with Gasteiger partial charge >= 0.3 is 0 Å². The van der Waals surface area contributed by atoms with Crippen molar-refractivity contribution in [1.29, 1.82) is 0 Å². The first-order valence-corrected chi connectivity index (χ1v) is 7.01. The van der Waals surface area contributed by atoms with Gasteiger partial charge in [-0.05, 0) is 54.3 Å². The van der Waals surface area contributed by atoms with Crippen LogP contribution in [0.3, 0.4) is 0 Å². The molecule has 0 fully saturated rings. The van der Waals surface area contributed by atoms with E-state index in [9.17, 15) is 8.78 Å². The van der Waals surface area contributed by atoms with Crippen LogP contribution in [-0.2, 0) is 12.8 Å². The topological polar surface area (TPSA) is 21.3 Å². The summed E-state index contributed by atoms with van der Waals surface area (Å²) in [5.41, 5.74) is 2.91. The first-order valence-electron chi connectivity index (χ1n) is 7.01. The molecular formula is C17H17F2NO. The lowest BCUT2D eigenvalue weighted by Gasteiger charge is -2.27. The molecule has 0 bridgehead atoms. The van der Waals surface area contributed by atoms with Crippen LogP contribution in [0.1, 0.15) is 22.7 Å². The molecule has 2 aromatic rings. The van der Waals surface area contributed by atoms with Crippen molar-refractivity contribution in [3.8, 4) is 5.75 Å². The normalized spacial score (nSPS) is 17.4. The highest BCUT2D eigenvalue weighted by molar-refractivity contribution is 5.40. The number of fused-ring (bicyclic) bond motifs is 1. The van der Waals surface area contributed by atoms with Gasteiger partial charge in [0.1, 0.15) is 17.4 Å². The monoisotopic (exact) mass is 289 g/mol. The summed E-state index contributed by atoms with van der Waals surface area (Å²) in [4.78, 5) is 0. The fourth-order valence-corrected chi connectivity index (χ4v) is 2.85. The van der Waals surface area contributed by atoms with Crippen molar-refractivity contribution in [2.24, 2.45) is 0 Å². The smallest absolute Gasteiger partial charge is 0.129 e. The van der Waals surface area contributed by atoms with Crippen LogP contribution in [0.2, 0.25) is 0 Å². The average Bonchev–Trinajstić information content (AvgIpc) is 2.49. The molecule has 2 nitrogen and oxygen atoms in total. The summed E-state index contributed by atoms with van der Waals surface area (Å²) in [7, 11) is 1.65. The van der Waals surface area contributed by atoms with Crippen molar-refractivity contribution in [3.63, 3.8) is 0 Å². The number of hydrogen-bond donors (Lipinski definition) is 1. The number of benzene rings is 2. The molecule has 0 saturated heterocycles. The molecule has 2 aromatic carbocycles. The molecule has 1 N–H and O–H groups in total. The third-order valence-electron chi connectivity index (χ3n) is 3.95. The molecule has 1 atom stereocenters. The number of ether oxygens (including phenoxy) is 1. The highest BCUT2D eigenvalue weighted by Gasteiger charge is 2.21. The molecule has 21 heavy (non-hydrogen) atoms. The number of hydrogen-bond acceptors (Lipinski definition) is 2.